The van der Waals surface area contributed by atoms with Gasteiger partial charge in [0.1, 0.15) is 0 Å². The van der Waals surface area contributed by atoms with Crippen LogP contribution in [0.4, 0.5) is 16.5 Å². The first-order chi connectivity index (χ1) is 21.8. The van der Waals surface area contributed by atoms with Crippen LogP contribution in [0.25, 0.3) is 11.3 Å². The Morgan fingerprint density at radius 3 is 2.53 bits per heavy atom. The van der Waals surface area contributed by atoms with E-state index in [2.05, 4.69) is 48.7 Å². The van der Waals surface area contributed by atoms with Gasteiger partial charge in [0, 0.05) is 32.9 Å². The highest BCUT2D eigenvalue weighted by Gasteiger charge is 2.14. The molecule has 12 heteroatoms. The second-order valence-electron chi connectivity index (χ2n) is 9.64. The van der Waals surface area contributed by atoms with Crippen LogP contribution in [-0.4, -0.2) is 36.7 Å². The molecule has 1 heterocycles. The van der Waals surface area contributed by atoms with Crippen LogP contribution in [0.15, 0.2) is 95.4 Å². The molecular formula is C33H27ClIN5O4S. The number of ether oxygens (including phenoxy) is 2. The second-order valence-corrected chi connectivity index (χ2v) is 12.1. The first-order valence-electron chi connectivity index (χ1n) is 13.6. The van der Waals surface area contributed by atoms with Crippen molar-refractivity contribution in [1.29, 1.82) is 0 Å². The summed E-state index contributed by atoms with van der Waals surface area (Å²) in [5, 5.41) is 13.5. The molecule has 0 unspecified atom stereocenters. The number of amides is 2. The molecule has 9 nitrogen and oxygen atoms in total. The molecule has 0 spiro atoms. The van der Waals surface area contributed by atoms with Crippen molar-refractivity contribution in [3.05, 3.63) is 116 Å². The fraction of sp³-hybridized carbons (Fsp3) is 0.0909. The number of aryl methyl sites for hydroxylation is 1. The van der Waals surface area contributed by atoms with E-state index in [1.165, 1.54) is 24.7 Å². The zero-order valence-electron chi connectivity index (χ0n) is 24.1. The van der Waals surface area contributed by atoms with E-state index < -0.39 is 0 Å². The third-order valence-corrected chi connectivity index (χ3v) is 8.37. The molecule has 1 aromatic heterocycles. The van der Waals surface area contributed by atoms with Crippen LogP contribution in [0.5, 0.6) is 11.5 Å². The average Bonchev–Trinajstić information content (AvgIpc) is 3.51. The number of halogens is 2. The summed E-state index contributed by atoms with van der Waals surface area (Å²) < 4.78 is 12.0. The first kappa shape index (κ1) is 31.9. The first-order valence-corrected chi connectivity index (χ1v) is 15.9. The normalized spacial score (nSPS) is 10.8. The monoisotopic (exact) mass is 751 g/mol. The maximum absolute atomic E-state index is 12.7. The molecule has 0 aliphatic rings. The van der Waals surface area contributed by atoms with Crippen molar-refractivity contribution < 1.29 is 19.1 Å². The Balaban J connectivity index is 1.15. The molecule has 2 amide bonds. The number of carbonyl (C=O) groups excluding carboxylic acids is 2. The summed E-state index contributed by atoms with van der Waals surface area (Å²) >= 11 is 9.74. The molecular weight excluding hydrogens is 725 g/mol. The highest BCUT2D eigenvalue weighted by molar-refractivity contribution is 14.1. The number of hydrazone groups is 1. The molecule has 5 rings (SSSR count). The van der Waals surface area contributed by atoms with E-state index in [0.29, 0.717) is 36.9 Å². The van der Waals surface area contributed by atoms with E-state index >= 15 is 0 Å². The Kier molecular flexibility index (Phi) is 10.7. The molecule has 0 atom stereocenters. The number of hydrogen-bond acceptors (Lipinski definition) is 8. The molecule has 45 heavy (non-hydrogen) atoms. The van der Waals surface area contributed by atoms with Crippen molar-refractivity contribution in [3.63, 3.8) is 0 Å². The van der Waals surface area contributed by atoms with Gasteiger partial charge in [0.2, 0.25) is 0 Å². The van der Waals surface area contributed by atoms with Crippen LogP contribution in [0.3, 0.4) is 0 Å². The molecule has 228 valence electrons. The fourth-order valence-electron chi connectivity index (χ4n) is 4.09. The number of benzene rings is 4. The zero-order valence-corrected chi connectivity index (χ0v) is 27.9. The highest BCUT2D eigenvalue weighted by Crippen LogP contribution is 2.34. The van der Waals surface area contributed by atoms with Crippen LogP contribution in [-0.2, 0) is 4.79 Å². The third-order valence-electron chi connectivity index (χ3n) is 6.41. The molecule has 0 saturated carbocycles. The topological polar surface area (TPSA) is 114 Å². The molecule has 0 bridgehead atoms. The number of rotatable bonds is 11. The van der Waals surface area contributed by atoms with E-state index in [9.17, 15) is 9.59 Å². The van der Waals surface area contributed by atoms with Gasteiger partial charge in [-0.3, -0.25) is 9.59 Å². The van der Waals surface area contributed by atoms with Crippen LogP contribution < -0.4 is 25.5 Å². The maximum atomic E-state index is 12.7. The van der Waals surface area contributed by atoms with E-state index in [-0.39, 0.29) is 18.4 Å². The van der Waals surface area contributed by atoms with Crippen molar-refractivity contribution in [2.45, 2.75) is 6.92 Å². The van der Waals surface area contributed by atoms with E-state index in [4.69, 9.17) is 21.1 Å². The van der Waals surface area contributed by atoms with Gasteiger partial charge >= 0.3 is 0 Å². The quantitative estimate of drug-likeness (QED) is 0.0719. The largest absolute Gasteiger partial charge is 0.493 e. The molecule has 0 radical (unpaired) electrons. The Labute approximate surface area is 282 Å². The lowest BCUT2D eigenvalue weighted by Gasteiger charge is -2.14. The molecule has 0 saturated heterocycles. The van der Waals surface area contributed by atoms with Gasteiger partial charge in [-0.05, 0) is 89.2 Å². The van der Waals surface area contributed by atoms with E-state index in [1.54, 1.807) is 36.4 Å². The summed E-state index contributed by atoms with van der Waals surface area (Å²) in [6.45, 7) is 1.66. The maximum Gasteiger partial charge on any atom is 0.271 e. The minimum absolute atomic E-state index is 0.228. The summed E-state index contributed by atoms with van der Waals surface area (Å²) in [7, 11) is 1.51. The number of hydrogen-bond donors (Lipinski definition) is 3. The smallest absolute Gasteiger partial charge is 0.271 e. The highest BCUT2D eigenvalue weighted by atomic mass is 127. The minimum atomic E-state index is -0.356. The summed E-state index contributed by atoms with van der Waals surface area (Å²) in [5.41, 5.74) is 7.85. The standard InChI is InChI=1S/C33H27ClIN5O4S/c1-20-8-13-25(16-26(20)34)37-30(41)18-44-31-27(35)14-21(15-29(31)43-2)17-36-40-32(42)23-11-9-22(10-12-23)28-19-45-33(39-28)38-24-6-4-3-5-7-24/h3-17,19H,18H2,1-2H3,(H,37,41)(H,38,39)(H,40,42)/b36-17+. The van der Waals surface area contributed by atoms with Crippen molar-refractivity contribution in [2.75, 3.05) is 24.4 Å². The summed E-state index contributed by atoms with van der Waals surface area (Å²) in [4.78, 5) is 29.8. The van der Waals surface area contributed by atoms with Gasteiger partial charge < -0.3 is 20.1 Å². The van der Waals surface area contributed by atoms with E-state index in [0.717, 1.165) is 27.6 Å². The van der Waals surface area contributed by atoms with Crippen molar-refractivity contribution >= 4 is 80.1 Å². The number of para-hydroxylation sites is 1. The van der Waals surface area contributed by atoms with Crippen molar-refractivity contribution in [1.82, 2.24) is 10.4 Å². The number of carbonyl (C=O) groups is 2. The third kappa shape index (κ3) is 8.59. The van der Waals surface area contributed by atoms with Gasteiger partial charge in [-0.25, -0.2) is 10.4 Å². The number of nitrogens with one attached hydrogen (secondary N) is 3. The predicted octanol–water partition coefficient (Wildman–Crippen LogP) is 7.91. The van der Waals surface area contributed by atoms with Crippen LogP contribution in [0.1, 0.15) is 21.5 Å². The van der Waals surface area contributed by atoms with Crippen molar-refractivity contribution in [2.24, 2.45) is 5.10 Å². The average molecular weight is 752 g/mol. The minimum Gasteiger partial charge on any atom is -0.493 e. The SMILES string of the molecule is COc1cc(/C=N/NC(=O)c2ccc(-c3csc(Nc4ccccc4)n3)cc2)cc(I)c1OCC(=O)Nc1ccc(C)c(Cl)c1. The van der Waals surface area contributed by atoms with Gasteiger partial charge in [0.05, 0.1) is 22.6 Å². The summed E-state index contributed by atoms with van der Waals surface area (Å²) in [5.74, 6) is 0.135. The van der Waals surface area contributed by atoms with Gasteiger partial charge in [-0.2, -0.15) is 5.10 Å². The van der Waals surface area contributed by atoms with Gasteiger partial charge in [-0.1, -0.05) is 48.0 Å². The Bertz CT molecular complexity index is 1850. The molecule has 3 N–H and O–H groups in total. The molecule has 0 fully saturated rings. The lowest BCUT2D eigenvalue weighted by atomic mass is 10.1. The number of anilines is 3. The number of aromatic nitrogens is 1. The van der Waals surface area contributed by atoms with Gasteiger partial charge in [0.15, 0.2) is 23.2 Å². The molecule has 4 aromatic carbocycles. The Hall–Kier alpha value is -4.46. The lowest BCUT2D eigenvalue weighted by molar-refractivity contribution is -0.118. The predicted molar refractivity (Wildman–Crippen MR) is 188 cm³/mol. The fourth-order valence-corrected chi connectivity index (χ4v) is 5.79. The summed E-state index contributed by atoms with van der Waals surface area (Å²) in [6, 6.07) is 25.8. The van der Waals surface area contributed by atoms with Gasteiger partial charge in [-0.15, -0.1) is 11.3 Å². The number of nitrogens with zero attached hydrogens (tertiary/aromatic N) is 2. The lowest BCUT2D eigenvalue weighted by Crippen LogP contribution is -2.20. The Morgan fingerprint density at radius 1 is 1.02 bits per heavy atom. The number of methoxy groups -OCH3 is 1. The van der Waals surface area contributed by atoms with Crippen LogP contribution >= 0.6 is 45.5 Å². The second kappa shape index (κ2) is 15.0. The number of thiazole rings is 1. The van der Waals surface area contributed by atoms with Crippen molar-refractivity contribution in [3.8, 4) is 22.8 Å². The van der Waals surface area contributed by atoms with Crippen LogP contribution in [0, 0.1) is 10.5 Å². The zero-order chi connectivity index (χ0) is 31.8. The van der Waals surface area contributed by atoms with Crippen LogP contribution in [0.2, 0.25) is 5.02 Å². The van der Waals surface area contributed by atoms with Gasteiger partial charge in [0.25, 0.3) is 11.8 Å². The molecule has 0 aliphatic carbocycles. The van der Waals surface area contributed by atoms with E-state index in [1.807, 2.05) is 60.8 Å². The molecule has 5 aromatic rings. The Morgan fingerprint density at radius 2 is 1.80 bits per heavy atom. The summed E-state index contributed by atoms with van der Waals surface area (Å²) in [6.07, 6.45) is 1.51. The molecule has 0 aliphatic heterocycles.